The molecule has 1 aliphatic rings. The molecule has 0 aromatic heterocycles. The molecule has 0 saturated heterocycles. The largest absolute Gasteiger partial charge is 0.372 e. The molecule has 0 unspecified atom stereocenters. The third-order valence-electron chi connectivity index (χ3n) is 5.00. The van der Waals surface area contributed by atoms with E-state index in [4.69, 9.17) is 0 Å². The van der Waals surface area contributed by atoms with E-state index in [-0.39, 0.29) is 18.2 Å². The van der Waals surface area contributed by atoms with Gasteiger partial charge in [0, 0.05) is 36.7 Å². The number of anilines is 3. The third kappa shape index (κ3) is 4.48. The van der Waals surface area contributed by atoms with Gasteiger partial charge in [0.2, 0.25) is 11.8 Å². The lowest BCUT2D eigenvalue weighted by atomic mass is 10.0. The summed E-state index contributed by atoms with van der Waals surface area (Å²) in [7, 11) is 0. The zero-order chi connectivity index (χ0) is 19.2. The standard InChI is InChI=1S/C22H27N3O2/c1-3-24(4-2)19-13-11-18(12-14-19)23-21(26)16-22(27)25-15-7-9-17-8-5-6-10-20(17)25/h5-6,8,10-14H,3-4,7,9,15-16H2,1-2H3,(H,23,26). The Bertz CT molecular complexity index is 797. The Morgan fingerprint density at radius 3 is 2.44 bits per heavy atom. The Morgan fingerprint density at radius 1 is 1.04 bits per heavy atom. The summed E-state index contributed by atoms with van der Waals surface area (Å²) in [5, 5.41) is 2.83. The first-order valence-electron chi connectivity index (χ1n) is 9.65. The van der Waals surface area contributed by atoms with Crippen molar-refractivity contribution in [3.05, 3.63) is 54.1 Å². The van der Waals surface area contributed by atoms with E-state index in [0.29, 0.717) is 12.2 Å². The highest BCUT2D eigenvalue weighted by atomic mass is 16.2. The highest BCUT2D eigenvalue weighted by Gasteiger charge is 2.23. The predicted octanol–water partition coefficient (Wildman–Crippen LogP) is 3.84. The molecule has 2 aromatic rings. The number of carbonyl (C=O) groups is 2. The molecule has 142 valence electrons. The maximum Gasteiger partial charge on any atom is 0.236 e. The molecule has 0 spiro atoms. The molecule has 27 heavy (non-hydrogen) atoms. The molecule has 3 rings (SSSR count). The van der Waals surface area contributed by atoms with Crippen LogP contribution in [0, 0.1) is 0 Å². The van der Waals surface area contributed by atoms with Gasteiger partial charge in [-0.2, -0.15) is 0 Å². The van der Waals surface area contributed by atoms with Gasteiger partial charge in [-0.15, -0.1) is 0 Å². The molecule has 0 aliphatic carbocycles. The smallest absolute Gasteiger partial charge is 0.236 e. The summed E-state index contributed by atoms with van der Waals surface area (Å²) >= 11 is 0. The second kappa shape index (κ2) is 8.71. The minimum Gasteiger partial charge on any atom is -0.372 e. The highest BCUT2D eigenvalue weighted by molar-refractivity contribution is 6.09. The van der Waals surface area contributed by atoms with Crippen LogP contribution < -0.4 is 15.1 Å². The summed E-state index contributed by atoms with van der Waals surface area (Å²) in [4.78, 5) is 29.0. The van der Waals surface area contributed by atoms with Gasteiger partial charge in [-0.3, -0.25) is 9.59 Å². The first kappa shape index (κ1) is 19.0. The molecule has 0 fully saturated rings. The number of amides is 2. The molecule has 2 aromatic carbocycles. The average molecular weight is 365 g/mol. The average Bonchev–Trinajstić information content (AvgIpc) is 2.69. The van der Waals surface area contributed by atoms with Crippen LogP contribution in [0.4, 0.5) is 17.1 Å². The van der Waals surface area contributed by atoms with Crippen LogP contribution in [0.25, 0.3) is 0 Å². The summed E-state index contributed by atoms with van der Waals surface area (Å²) in [6, 6.07) is 15.7. The van der Waals surface area contributed by atoms with Gasteiger partial charge < -0.3 is 15.1 Å². The Balaban J connectivity index is 1.60. The maximum absolute atomic E-state index is 12.6. The van der Waals surface area contributed by atoms with E-state index in [1.807, 2.05) is 48.5 Å². The van der Waals surface area contributed by atoms with Gasteiger partial charge in [0.05, 0.1) is 0 Å². The number of hydrogen-bond donors (Lipinski definition) is 1. The number of carbonyl (C=O) groups excluding carboxylic acids is 2. The summed E-state index contributed by atoms with van der Waals surface area (Å²) in [6.45, 7) is 6.77. The first-order valence-corrected chi connectivity index (χ1v) is 9.65. The van der Waals surface area contributed by atoms with Crippen molar-refractivity contribution in [2.75, 3.05) is 34.8 Å². The van der Waals surface area contributed by atoms with Gasteiger partial charge in [-0.05, 0) is 62.6 Å². The molecular formula is C22H27N3O2. The van der Waals surface area contributed by atoms with Crippen molar-refractivity contribution in [3.8, 4) is 0 Å². The molecule has 1 heterocycles. The summed E-state index contributed by atoms with van der Waals surface area (Å²) in [6.07, 6.45) is 1.76. The number of nitrogens with one attached hydrogen (secondary N) is 1. The zero-order valence-electron chi connectivity index (χ0n) is 16.1. The topological polar surface area (TPSA) is 52.7 Å². The molecule has 5 heteroatoms. The van der Waals surface area contributed by atoms with Crippen LogP contribution >= 0.6 is 0 Å². The minimum atomic E-state index is -0.279. The van der Waals surface area contributed by atoms with Gasteiger partial charge in [-0.25, -0.2) is 0 Å². The van der Waals surface area contributed by atoms with Crippen molar-refractivity contribution in [1.82, 2.24) is 0 Å². The highest BCUT2D eigenvalue weighted by Crippen LogP contribution is 2.27. The van der Waals surface area contributed by atoms with E-state index < -0.39 is 0 Å². The number of aryl methyl sites for hydroxylation is 1. The maximum atomic E-state index is 12.6. The van der Waals surface area contributed by atoms with Gasteiger partial charge in [-0.1, -0.05) is 18.2 Å². The number of fused-ring (bicyclic) bond motifs is 1. The van der Waals surface area contributed by atoms with Crippen LogP contribution in [0.15, 0.2) is 48.5 Å². The van der Waals surface area contributed by atoms with E-state index in [2.05, 4.69) is 24.1 Å². The molecule has 1 N–H and O–H groups in total. The Hall–Kier alpha value is -2.82. The van der Waals surface area contributed by atoms with Crippen LogP contribution in [-0.2, 0) is 16.0 Å². The fourth-order valence-corrected chi connectivity index (χ4v) is 3.57. The second-order valence-electron chi connectivity index (χ2n) is 6.72. The van der Waals surface area contributed by atoms with Crippen molar-refractivity contribution in [3.63, 3.8) is 0 Å². The van der Waals surface area contributed by atoms with Crippen LogP contribution in [0.5, 0.6) is 0 Å². The third-order valence-corrected chi connectivity index (χ3v) is 5.00. The SMILES string of the molecule is CCN(CC)c1ccc(NC(=O)CC(=O)N2CCCc3ccccc32)cc1. The van der Waals surface area contributed by atoms with E-state index in [0.717, 1.165) is 37.3 Å². The second-order valence-corrected chi connectivity index (χ2v) is 6.72. The predicted molar refractivity (Wildman–Crippen MR) is 110 cm³/mol. The van der Waals surface area contributed by atoms with Crippen molar-refractivity contribution >= 4 is 28.9 Å². The first-order chi connectivity index (χ1) is 13.1. The number of benzene rings is 2. The normalized spacial score (nSPS) is 13.0. The summed E-state index contributed by atoms with van der Waals surface area (Å²) < 4.78 is 0. The van der Waals surface area contributed by atoms with Gasteiger partial charge in [0.25, 0.3) is 0 Å². The van der Waals surface area contributed by atoms with Crippen molar-refractivity contribution < 1.29 is 9.59 Å². The molecule has 1 aliphatic heterocycles. The number of nitrogens with zero attached hydrogens (tertiary/aromatic N) is 2. The minimum absolute atomic E-state index is 0.147. The molecule has 2 amide bonds. The molecule has 0 bridgehead atoms. The van der Waals surface area contributed by atoms with E-state index in [1.165, 1.54) is 5.56 Å². The summed E-state index contributed by atoms with van der Waals surface area (Å²) in [5.41, 5.74) is 3.94. The molecule has 0 atom stereocenters. The van der Waals surface area contributed by atoms with Gasteiger partial charge >= 0.3 is 0 Å². The Morgan fingerprint density at radius 2 is 1.74 bits per heavy atom. The van der Waals surface area contributed by atoms with Crippen LogP contribution in [0.3, 0.4) is 0 Å². The van der Waals surface area contributed by atoms with E-state index in [1.54, 1.807) is 4.90 Å². The lowest BCUT2D eigenvalue weighted by Crippen LogP contribution is -2.37. The monoisotopic (exact) mass is 365 g/mol. The van der Waals surface area contributed by atoms with Crippen LogP contribution in [0.2, 0.25) is 0 Å². The Kier molecular flexibility index (Phi) is 6.12. The lowest BCUT2D eigenvalue weighted by molar-refractivity contribution is -0.125. The number of hydrogen-bond acceptors (Lipinski definition) is 3. The quantitative estimate of drug-likeness (QED) is 0.792. The van der Waals surface area contributed by atoms with Crippen LogP contribution in [-0.4, -0.2) is 31.4 Å². The fourth-order valence-electron chi connectivity index (χ4n) is 3.57. The molecule has 0 radical (unpaired) electrons. The van der Waals surface area contributed by atoms with E-state index in [9.17, 15) is 9.59 Å². The summed E-state index contributed by atoms with van der Waals surface area (Å²) in [5.74, 6) is -0.432. The van der Waals surface area contributed by atoms with Crippen molar-refractivity contribution in [2.24, 2.45) is 0 Å². The molecular weight excluding hydrogens is 338 g/mol. The molecule has 5 nitrogen and oxygen atoms in total. The van der Waals surface area contributed by atoms with Gasteiger partial charge in [0.1, 0.15) is 6.42 Å². The van der Waals surface area contributed by atoms with E-state index >= 15 is 0 Å². The fraction of sp³-hybridized carbons (Fsp3) is 0.364. The lowest BCUT2D eigenvalue weighted by Gasteiger charge is -2.29. The zero-order valence-corrected chi connectivity index (χ0v) is 16.1. The van der Waals surface area contributed by atoms with Gasteiger partial charge in [0.15, 0.2) is 0 Å². The van der Waals surface area contributed by atoms with Crippen LogP contribution in [0.1, 0.15) is 32.3 Å². The van der Waals surface area contributed by atoms with Crippen molar-refractivity contribution in [2.45, 2.75) is 33.1 Å². The Labute approximate surface area is 161 Å². The molecule has 0 saturated carbocycles. The number of rotatable bonds is 6. The number of para-hydroxylation sites is 1. The van der Waals surface area contributed by atoms with Crippen molar-refractivity contribution in [1.29, 1.82) is 0 Å².